The van der Waals surface area contributed by atoms with Crippen LogP contribution in [-0.2, 0) is 4.74 Å². The van der Waals surface area contributed by atoms with Gasteiger partial charge >= 0.3 is 0 Å². The van der Waals surface area contributed by atoms with E-state index in [1.165, 1.54) is 21.7 Å². The van der Waals surface area contributed by atoms with E-state index < -0.39 is 0 Å². The zero-order valence-electron chi connectivity index (χ0n) is 15.6. The van der Waals surface area contributed by atoms with E-state index in [0.717, 1.165) is 9.64 Å². The predicted octanol–water partition coefficient (Wildman–Crippen LogP) is 5.37. The van der Waals surface area contributed by atoms with Gasteiger partial charge in [-0.2, -0.15) is 0 Å². The SMILES string of the molecule is CC1=C(c2ccc(Br)cc2)N2C(=N[C@H]3C4=C=CC=CC4OC[C@@H]3C2(C)C)S1. The molecule has 5 rings (SSSR count). The van der Waals surface area contributed by atoms with E-state index in [-0.39, 0.29) is 23.6 Å². The van der Waals surface area contributed by atoms with Gasteiger partial charge in [0.2, 0.25) is 0 Å². The molecule has 0 spiro atoms. The number of halogens is 1. The van der Waals surface area contributed by atoms with Crippen LogP contribution in [0.5, 0.6) is 0 Å². The molecule has 3 atom stereocenters. The van der Waals surface area contributed by atoms with Crippen LogP contribution in [0.25, 0.3) is 5.70 Å². The van der Waals surface area contributed by atoms with Gasteiger partial charge in [-0.15, -0.1) is 5.73 Å². The second kappa shape index (κ2) is 6.25. The maximum Gasteiger partial charge on any atom is 0.169 e. The molecule has 0 radical (unpaired) electrons. The van der Waals surface area contributed by atoms with Crippen molar-refractivity contribution < 1.29 is 4.74 Å². The zero-order chi connectivity index (χ0) is 18.8. The molecule has 4 aliphatic rings. The first-order chi connectivity index (χ1) is 13.0. The molecule has 138 valence electrons. The van der Waals surface area contributed by atoms with E-state index in [2.05, 4.69) is 77.7 Å². The Balaban J connectivity index is 1.62. The van der Waals surface area contributed by atoms with Crippen molar-refractivity contribution in [1.29, 1.82) is 0 Å². The molecule has 1 fully saturated rings. The third kappa shape index (κ3) is 2.64. The minimum atomic E-state index is -0.101. The monoisotopic (exact) mass is 440 g/mol. The van der Waals surface area contributed by atoms with Crippen molar-refractivity contribution in [3.05, 3.63) is 68.7 Å². The van der Waals surface area contributed by atoms with E-state index >= 15 is 0 Å². The molecule has 1 aliphatic carbocycles. The summed E-state index contributed by atoms with van der Waals surface area (Å²) in [4.78, 5) is 8.94. The second-order valence-corrected chi connectivity index (χ2v) is 9.97. The van der Waals surface area contributed by atoms with Gasteiger partial charge in [-0.05, 0) is 44.5 Å². The molecule has 3 heterocycles. The van der Waals surface area contributed by atoms with E-state index in [1.807, 2.05) is 12.2 Å². The topological polar surface area (TPSA) is 24.8 Å². The summed E-state index contributed by atoms with van der Waals surface area (Å²) in [7, 11) is 0. The first kappa shape index (κ1) is 17.6. The number of rotatable bonds is 1. The van der Waals surface area contributed by atoms with Gasteiger partial charge in [0.05, 0.1) is 18.3 Å². The number of benzene rings is 1. The minimum absolute atomic E-state index is 0.0225. The largest absolute Gasteiger partial charge is 0.369 e. The number of hydrogen-bond donors (Lipinski definition) is 0. The van der Waals surface area contributed by atoms with Crippen molar-refractivity contribution in [2.75, 3.05) is 6.61 Å². The van der Waals surface area contributed by atoms with Crippen LogP contribution < -0.4 is 0 Å². The van der Waals surface area contributed by atoms with Gasteiger partial charge in [-0.3, -0.25) is 4.99 Å². The van der Waals surface area contributed by atoms with E-state index in [1.54, 1.807) is 11.8 Å². The normalized spacial score (nSPS) is 30.5. The average molecular weight is 441 g/mol. The molecule has 3 aliphatic heterocycles. The molecule has 0 amide bonds. The van der Waals surface area contributed by atoms with Crippen LogP contribution in [0, 0.1) is 5.92 Å². The highest BCUT2D eigenvalue weighted by molar-refractivity contribution is 9.10. The van der Waals surface area contributed by atoms with Gasteiger partial charge in [0, 0.05) is 26.4 Å². The van der Waals surface area contributed by atoms with Crippen LogP contribution in [0.4, 0.5) is 0 Å². The fourth-order valence-electron chi connectivity index (χ4n) is 4.48. The van der Waals surface area contributed by atoms with Gasteiger partial charge in [0.1, 0.15) is 6.10 Å². The molecule has 27 heavy (non-hydrogen) atoms. The summed E-state index contributed by atoms with van der Waals surface area (Å²) in [5.41, 5.74) is 6.99. The Labute approximate surface area is 172 Å². The van der Waals surface area contributed by atoms with Crippen molar-refractivity contribution >= 4 is 38.6 Å². The molecule has 1 unspecified atom stereocenters. The highest BCUT2D eigenvalue weighted by Crippen LogP contribution is 2.51. The maximum absolute atomic E-state index is 6.19. The summed E-state index contributed by atoms with van der Waals surface area (Å²) in [6.45, 7) is 7.56. The Morgan fingerprint density at radius 1 is 1.30 bits per heavy atom. The van der Waals surface area contributed by atoms with Crippen molar-refractivity contribution in [2.45, 2.75) is 38.5 Å². The van der Waals surface area contributed by atoms with Gasteiger partial charge in [-0.25, -0.2) is 0 Å². The summed E-state index contributed by atoms with van der Waals surface area (Å²) in [6, 6.07) is 8.70. The van der Waals surface area contributed by atoms with Gasteiger partial charge in [0.25, 0.3) is 0 Å². The Hall–Kier alpha value is -1.52. The number of fused-ring (bicyclic) bond motifs is 4. The van der Waals surface area contributed by atoms with Gasteiger partial charge < -0.3 is 9.64 Å². The number of nitrogens with zero attached hydrogens (tertiary/aromatic N) is 2. The lowest BCUT2D eigenvalue weighted by Crippen LogP contribution is -2.60. The molecule has 0 saturated carbocycles. The predicted molar refractivity (Wildman–Crippen MR) is 115 cm³/mol. The number of hydrogen-bond acceptors (Lipinski definition) is 4. The molecule has 1 aromatic carbocycles. The maximum atomic E-state index is 6.19. The second-order valence-electron chi connectivity index (χ2n) is 7.87. The highest BCUT2D eigenvalue weighted by Gasteiger charge is 2.53. The quantitative estimate of drug-likeness (QED) is 0.548. The third-order valence-corrected chi connectivity index (χ3v) is 7.44. The van der Waals surface area contributed by atoms with Crippen molar-refractivity contribution in [1.82, 2.24) is 4.90 Å². The Morgan fingerprint density at radius 2 is 2.07 bits per heavy atom. The van der Waals surface area contributed by atoms with E-state index in [4.69, 9.17) is 9.73 Å². The Bertz CT molecular complexity index is 967. The first-order valence-corrected chi connectivity index (χ1v) is 10.9. The van der Waals surface area contributed by atoms with E-state index in [0.29, 0.717) is 6.61 Å². The molecule has 1 saturated heterocycles. The number of allylic oxidation sites excluding steroid dienone is 2. The number of thioether (sulfide) groups is 1. The molecule has 0 N–H and O–H groups in total. The van der Waals surface area contributed by atoms with E-state index in [9.17, 15) is 0 Å². The van der Waals surface area contributed by atoms with Crippen LogP contribution >= 0.6 is 27.7 Å². The number of amidine groups is 1. The summed E-state index contributed by atoms with van der Waals surface area (Å²) in [5, 5.41) is 1.10. The molecule has 0 aromatic heterocycles. The van der Waals surface area contributed by atoms with Crippen LogP contribution in [0.15, 0.2) is 68.2 Å². The summed E-state index contributed by atoms with van der Waals surface area (Å²) in [5.74, 6) is 0.289. The van der Waals surface area contributed by atoms with Crippen LogP contribution in [0.1, 0.15) is 26.3 Å². The van der Waals surface area contributed by atoms with Crippen molar-refractivity contribution in [3.63, 3.8) is 0 Å². The molecule has 5 heteroatoms. The molecule has 3 nitrogen and oxygen atoms in total. The summed E-state index contributed by atoms with van der Waals surface area (Å²) < 4.78 is 7.28. The fraction of sp³-hybridized carbons (Fsp3) is 0.364. The first-order valence-electron chi connectivity index (χ1n) is 9.24. The fourth-order valence-corrected chi connectivity index (χ4v) is 5.91. The lowest BCUT2D eigenvalue weighted by Gasteiger charge is -2.52. The Kier molecular flexibility index (Phi) is 4.07. The molecular weight excluding hydrogens is 420 g/mol. The van der Waals surface area contributed by atoms with Gasteiger partial charge in [-0.1, -0.05) is 52.0 Å². The third-order valence-electron chi connectivity index (χ3n) is 5.94. The average Bonchev–Trinajstić information content (AvgIpc) is 2.99. The standard InChI is InChI=1S/C22H21BrN2OS/c1-13-20(14-8-10-15(23)11-9-14)25-21(27-13)24-19-16-6-4-5-7-18(16)26-12-17(19)22(25,2)3/h4-5,7-11,17-19H,12H2,1-3H3/t17-,18?,19-/m0/s1. The summed E-state index contributed by atoms with van der Waals surface area (Å²) >= 11 is 5.33. The summed E-state index contributed by atoms with van der Waals surface area (Å²) in [6.07, 6.45) is 6.13. The molecule has 1 aromatic rings. The molecular formula is C22H21BrN2OS. The lowest BCUT2D eigenvalue weighted by molar-refractivity contribution is -0.0111. The minimum Gasteiger partial charge on any atom is -0.369 e. The lowest BCUT2D eigenvalue weighted by atomic mass is 9.74. The molecule has 0 bridgehead atoms. The van der Waals surface area contributed by atoms with Crippen LogP contribution in [0.3, 0.4) is 0 Å². The number of ether oxygens (including phenoxy) is 1. The zero-order valence-corrected chi connectivity index (χ0v) is 18.0. The number of aliphatic imine (C=N–C) groups is 1. The highest BCUT2D eigenvalue weighted by atomic mass is 79.9. The van der Waals surface area contributed by atoms with Crippen LogP contribution in [-0.4, -0.2) is 34.4 Å². The smallest absolute Gasteiger partial charge is 0.169 e. The van der Waals surface area contributed by atoms with Gasteiger partial charge in [0.15, 0.2) is 5.17 Å². The van der Waals surface area contributed by atoms with Crippen molar-refractivity contribution in [2.24, 2.45) is 10.9 Å². The van der Waals surface area contributed by atoms with Crippen LogP contribution in [0.2, 0.25) is 0 Å². The van der Waals surface area contributed by atoms with Crippen molar-refractivity contribution in [3.8, 4) is 0 Å². The Morgan fingerprint density at radius 3 is 2.85 bits per heavy atom.